The lowest BCUT2D eigenvalue weighted by Crippen LogP contribution is -2.05. The number of carbonyl (C=O) groups is 1. The van der Waals surface area contributed by atoms with E-state index in [9.17, 15) is 4.79 Å². The Morgan fingerprint density at radius 1 is 1.00 bits per heavy atom. The summed E-state index contributed by atoms with van der Waals surface area (Å²) in [4.78, 5) is 12.3. The topological polar surface area (TPSA) is 17.1 Å². The van der Waals surface area contributed by atoms with E-state index in [1.807, 2.05) is 24.3 Å². The molecule has 0 spiro atoms. The van der Waals surface area contributed by atoms with Gasteiger partial charge in [0.25, 0.3) is 0 Å². The maximum atomic E-state index is 12.3. The first-order valence-corrected chi connectivity index (χ1v) is 7.34. The van der Waals surface area contributed by atoms with E-state index in [0.29, 0.717) is 0 Å². The molecule has 90 valence electrons. The highest BCUT2D eigenvalue weighted by molar-refractivity contribution is 14.1. The zero-order valence-electron chi connectivity index (χ0n) is 9.92. The minimum atomic E-state index is 0.225. The first-order chi connectivity index (χ1) is 8.27. The van der Waals surface area contributed by atoms with Gasteiger partial charge in [-0.3, -0.25) is 4.79 Å². The van der Waals surface area contributed by atoms with Crippen molar-refractivity contribution < 1.29 is 4.79 Å². The van der Waals surface area contributed by atoms with Crippen molar-refractivity contribution in [3.63, 3.8) is 0 Å². The lowest BCUT2D eigenvalue weighted by molar-refractivity contribution is 0.102. The molecule has 17 heavy (non-hydrogen) atoms. The molecule has 0 radical (unpaired) electrons. The summed E-state index contributed by atoms with van der Waals surface area (Å²) in [7, 11) is 0. The zero-order chi connectivity index (χ0) is 12.1. The summed E-state index contributed by atoms with van der Waals surface area (Å²) in [5, 5.41) is 0. The summed E-state index contributed by atoms with van der Waals surface area (Å²) >= 11 is 2.26. The lowest BCUT2D eigenvalue weighted by atomic mass is 9.94. The van der Waals surface area contributed by atoms with Gasteiger partial charge in [0.2, 0.25) is 0 Å². The van der Waals surface area contributed by atoms with Crippen LogP contribution < -0.4 is 0 Å². The van der Waals surface area contributed by atoms with E-state index >= 15 is 0 Å². The van der Waals surface area contributed by atoms with Crippen LogP contribution in [0.15, 0.2) is 35.9 Å². The van der Waals surface area contributed by atoms with E-state index in [1.165, 1.54) is 22.8 Å². The van der Waals surface area contributed by atoms with Gasteiger partial charge in [-0.05, 0) is 66.0 Å². The second kappa shape index (κ2) is 6.34. The Kier molecular flexibility index (Phi) is 4.77. The normalized spacial score (nSPS) is 19.9. The molecule has 0 aromatic heterocycles. The molecule has 1 aliphatic carbocycles. The molecule has 1 aromatic carbocycles. The van der Waals surface area contributed by atoms with Gasteiger partial charge >= 0.3 is 0 Å². The number of hydrogen-bond acceptors (Lipinski definition) is 1. The van der Waals surface area contributed by atoms with Gasteiger partial charge in [-0.15, -0.1) is 0 Å². The molecular weight excluding hydrogens is 323 g/mol. The highest BCUT2D eigenvalue weighted by atomic mass is 127. The Hall–Kier alpha value is -0.640. The van der Waals surface area contributed by atoms with Crippen LogP contribution in [0.3, 0.4) is 0 Å². The lowest BCUT2D eigenvalue weighted by Gasteiger charge is -2.10. The highest BCUT2D eigenvalue weighted by Gasteiger charge is 2.12. The molecule has 0 saturated carbocycles. The smallest absolute Gasteiger partial charge is 0.188 e. The molecule has 2 rings (SSSR count). The van der Waals surface area contributed by atoms with Crippen molar-refractivity contribution in [3.05, 3.63) is 45.0 Å². The maximum Gasteiger partial charge on any atom is 0.188 e. The fourth-order valence-electron chi connectivity index (χ4n) is 2.18. The number of benzene rings is 1. The Morgan fingerprint density at radius 3 is 2.47 bits per heavy atom. The van der Waals surface area contributed by atoms with Crippen LogP contribution >= 0.6 is 22.6 Å². The molecule has 0 aliphatic heterocycles. The highest BCUT2D eigenvalue weighted by Crippen LogP contribution is 2.21. The Bertz CT molecular complexity index is 417. The summed E-state index contributed by atoms with van der Waals surface area (Å²) in [6, 6.07) is 7.86. The average Bonchev–Trinajstić information content (AvgIpc) is 2.29. The largest absolute Gasteiger partial charge is 0.289 e. The van der Waals surface area contributed by atoms with Crippen molar-refractivity contribution in [2.24, 2.45) is 0 Å². The van der Waals surface area contributed by atoms with Gasteiger partial charge in [-0.2, -0.15) is 0 Å². The quantitative estimate of drug-likeness (QED) is 0.561. The minimum Gasteiger partial charge on any atom is -0.289 e. The fourth-order valence-corrected chi connectivity index (χ4v) is 2.54. The number of Topliss-reactive ketones (excluding diaryl/α,β-unsaturated/α-hetero) is 1. The molecule has 1 aromatic rings. The molecule has 2 heteroatoms. The predicted octanol–water partition coefficient (Wildman–Crippen LogP) is 4.75. The SMILES string of the molecule is O=C(/C1=C/CCCCCC1)c1ccc(I)cc1. The first kappa shape index (κ1) is 12.8. The third-order valence-corrected chi connectivity index (χ3v) is 3.91. The van der Waals surface area contributed by atoms with E-state index in [2.05, 4.69) is 28.7 Å². The zero-order valence-corrected chi connectivity index (χ0v) is 12.1. The van der Waals surface area contributed by atoms with Crippen molar-refractivity contribution in [1.29, 1.82) is 0 Å². The van der Waals surface area contributed by atoms with Crippen LogP contribution in [-0.2, 0) is 0 Å². The van der Waals surface area contributed by atoms with Crippen LogP contribution in [0.5, 0.6) is 0 Å². The van der Waals surface area contributed by atoms with Crippen LogP contribution in [0.2, 0.25) is 0 Å². The third-order valence-electron chi connectivity index (χ3n) is 3.19. The number of rotatable bonds is 2. The number of halogens is 1. The molecule has 1 aliphatic rings. The third kappa shape index (κ3) is 3.66. The van der Waals surface area contributed by atoms with Gasteiger partial charge in [0.15, 0.2) is 5.78 Å². The molecule has 1 nitrogen and oxygen atoms in total. The van der Waals surface area contributed by atoms with E-state index in [1.54, 1.807) is 0 Å². The number of allylic oxidation sites excluding steroid dienone is 2. The minimum absolute atomic E-state index is 0.225. The van der Waals surface area contributed by atoms with Crippen LogP contribution in [0.25, 0.3) is 0 Å². The van der Waals surface area contributed by atoms with Gasteiger partial charge in [-0.1, -0.05) is 31.1 Å². The Labute approximate surface area is 116 Å². The molecule has 0 saturated heterocycles. The Balaban J connectivity index is 2.15. The molecular formula is C15H17IO. The van der Waals surface area contributed by atoms with Gasteiger partial charge in [0.05, 0.1) is 0 Å². The monoisotopic (exact) mass is 340 g/mol. The molecule has 0 atom stereocenters. The van der Waals surface area contributed by atoms with E-state index in [4.69, 9.17) is 0 Å². The van der Waals surface area contributed by atoms with Crippen molar-refractivity contribution in [2.45, 2.75) is 38.5 Å². The van der Waals surface area contributed by atoms with Crippen molar-refractivity contribution in [2.75, 3.05) is 0 Å². The van der Waals surface area contributed by atoms with Crippen LogP contribution in [0, 0.1) is 3.57 Å². The standard InChI is InChI=1S/C15H17IO/c16-14-10-8-13(9-11-14)15(17)12-6-4-2-1-3-5-7-12/h6,8-11H,1-5,7H2/b12-6+. The van der Waals surface area contributed by atoms with Crippen molar-refractivity contribution >= 4 is 28.4 Å². The molecule has 0 fully saturated rings. The number of hydrogen-bond donors (Lipinski definition) is 0. The fraction of sp³-hybridized carbons (Fsp3) is 0.400. The van der Waals surface area contributed by atoms with Crippen molar-refractivity contribution in [1.82, 2.24) is 0 Å². The van der Waals surface area contributed by atoms with Gasteiger partial charge in [0, 0.05) is 9.13 Å². The van der Waals surface area contributed by atoms with Gasteiger partial charge in [-0.25, -0.2) is 0 Å². The number of carbonyl (C=O) groups excluding carboxylic acids is 1. The number of ketones is 1. The van der Waals surface area contributed by atoms with Gasteiger partial charge in [0.1, 0.15) is 0 Å². The van der Waals surface area contributed by atoms with Crippen LogP contribution in [0.4, 0.5) is 0 Å². The second-order valence-electron chi connectivity index (χ2n) is 4.52. The van der Waals surface area contributed by atoms with Gasteiger partial charge < -0.3 is 0 Å². The van der Waals surface area contributed by atoms with Crippen LogP contribution in [-0.4, -0.2) is 5.78 Å². The summed E-state index contributed by atoms with van der Waals surface area (Å²) < 4.78 is 1.17. The van der Waals surface area contributed by atoms with Crippen LogP contribution in [0.1, 0.15) is 48.9 Å². The second-order valence-corrected chi connectivity index (χ2v) is 5.76. The Morgan fingerprint density at radius 2 is 1.71 bits per heavy atom. The summed E-state index contributed by atoms with van der Waals surface area (Å²) in [6.07, 6.45) is 9.11. The maximum absolute atomic E-state index is 12.3. The summed E-state index contributed by atoms with van der Waals surface area (Å²) in [6.45, 7) is 0. The molecule has 0 bridgehead atoms. The molecule has 0 heterocycles. The summed E-state index contributed by atoms with van der Waals surface area (Å²) in [5.74, 6) is 0.225. The predicted molar refractivity (Wildman–Crippen MR) is 79.3 cm³/mol. The van der Waals surface area contributed by atoms with Crippen molar-refractivity contribution in [3.8, 4) is 0 Å². The van der Waals surface area contributed by atoms with E-state index < -0.39 is 0 Å². The molecule has 0 unspecified atom stereocenters. The van der Waals surface area contributed by atoms with E-state index in [-0.39, 0.29) is 5.78 Å². The molecule has 0 N–H and O–H groups in total. The van der Waals surface area contributed by atoms with E-state index in [0.717, 1.165) is 30.4 Å². The average molecular weight is 340 g/mol. The molecule has 0 amide bonds. The summed E-state index contributed by atoms with van der Waals surface area (Å²) in [5.41, 5.74) is 1.85. The first-order valence-electron chi connectivity index (χ1n) is 6.26.